The van der Waals surface area contributed by atoms with E-state index in [2.05, 4.69) is 86.7 Å². The van der Waals surface area contributed by atoms with E-state index in [1.54, 1.807) is 4.90 Å². The highest BCUT2D eigenvalue weighted by atomic mass is 16.3. The van der Waals surface area contributed by atoms with Crippen LogP contribution >= 0.6 is 0 Å². The maximum absolute atomic E-state index is 13.2. The zero-order chi connectivity index (χ0) is 37.9. The van der Waals surface area contributed by atoms with Gasteiger partial charge in [0.15, 0.2) is 0 Å². The Bertz CT molecular complexity index is 1990. The van der Waals surface area contributed by atoms with E-state index in [-0.39, 0.29) is 11.8 Å². The van der Waals surface area contributed by atoms with Crippen molar-refractivity contribution in [2.24, 2.45) is 5.92 Å². The van der Waals surface area contributed by atoms with Gasteiger partial charge in [-0.2, -0.15) is 0 Å². The molecule has 2 fully saturated rings. The van der Waals surface area contributed by atoms with Crippen LogP contribution < -0.4 is 15.1 Å². The van der Waals surface area contributed by atoms with E-state index in [9.17, 15) is 19.5 Å². The van der Waals surface area contributed by atoms with Gasteiger partial charge in [0.05, 0.1) is 0 Å². The van der Waals surface area contributed by atoms with Crippen molar-refractivity contribution in [3.8, 4) is 5.75 Å². The number of phenols is 1. The largest absolute Gasteiger partial charge is 0.508 e. The first-order valence-corrected chi connectivity index (χ1v) is 20.3. The molecule has 9 heteroatoms. The molecule has 9 nitrogen and oxygen atoms in total. The van der Waals surface area contributed by atoms with Crippen LogP contribution in [0.4, 0.5) is 11.4 Å². The fourth-order valence-electron chi connectivity index (χ4n) is 9.73. The summed E-state index contributed by atoms with van der Waals surface area (Å²) in [5, 5.41) is 12.5. The van der Waals surface area contributed by atoms with Gasteiger partial charge in [-0.25, -0.2) is 0 Å². The van der Waals surface area contributed by atoms with Gasteiger partial charge in [0.2, 0.25) is 12.3 Å². The van der Waals surface area contributed by atoms with Crippen LogP contribution in [-0.2, 0) is 22.6 Å². The third-order valence-corrected chi connectivity index (χ3v) is 12.7. The summed E-state index contributed by atoms with van der Waals surface area (Å²) in [7, 11) is 0. The third kappa shape index (κ3) is 7.72. The summed E-state index contributed by atoms with van der Waals surface area (Å²) in [5.41, 5.74) is 9.35. The molecule has 8 rings (SSSR count). The Labute approximate surface area is 324 Å². The highest BCUT2D eigenvalue weighted by Crippen LogP contribution is 2.47. The average molecular weight is 740 g/mol. The molecule has 4 aliphatic rings. The topological polar surface area (TPSA) is 96.4 Å². The highest BCUT2D eigenvalue weighted by Gasteiger charge is 2.37. The Hall–Kier alpha value is -5.15. The number of phenolic OH excluding ortho intramolecular Hbond substituents is 1. The van der Waals surface area contributed by atoms with Gasteiger partial charge < -0.3 is 19.8 Å². The lowest BCUT2D eigenvalue weighted by Gasteiger charge is -2.40. The van der Waals surface area contributed by atoms with Crippen LogP contribution in [0.25, 0.3) is 0 Å². The van der Waals surface area contributed by atoms with Crippen LogP contribution in [0.3, 0.4) is 0 Å². The number of aromatic hydroxyl groups is 1. The van der Waals surface area contributed by atoms with Gasteiger partial charge >= 0.3 is 0 Å². The fourth-order valence-corrected chi connectivity index (χ4v) is 9.73. The smallest absolute Gasteiger partial charge is 0.255 e. The predicted molar refractivity (Wildman–Crippen MR) is 217 cm³/mol. The van der Waals surface area contributed by atoms with Crippen LogP contribution in [0.5, 0.6) is 5.75 Å². The van der Waals surface area contributed by atoms with Crippen molar-refractivity contribution < 1.29 is 19.5 Å². The number of benzene rings is 4. The number of hydrogen-bond acceptors (Lipinski definition) is 7. The van der Waals surface area contributed by atoms with Gasteiger partial charge in [-0.3, -0.25) is 24.6 Å². The second-order valence-corrected chi connectivity index (χ2v) is 15.9. The molecule has 55 heavy (non-hydrogen) atoms. The Morgan fingerprint density at radius 3 is 2.27 bits per heavy atom. The van der Waals surface area contributed by atoms with E-state index in [1.165, 1.54) is 40.8 Å². The molecule has 3 heterocycles. The molecule has 3 aliphatic heterocycles. The van der Waals surface area contributed by atoms with Crippen molar-refractivity contribution in [3.63, 3.8) is 0 Å². The minimum atomic E-state index is -0.648. The number of amides is 3. The Balaban J connectivity index is 0.842. The molecular weight excluding hydrogens is 687 g/mol. The van der Waals surface area contributed by atoms with Gasteiger partial charge in [0, 0.05) is 75.2 Å². The maximum Gasteiger partial charge on any atom is 0.255 e. The van der Waals surface area contributed by atoms with Crippen LogP contribution in [0.15, 0.2) is 91.0 Å². The molecule has 4 aromatic carbocycles. The normalized spacial score (nSPS) is 20.9. The number of aryl methyl sites for hydroxylation is 1. The summed E-state index contributed by atoms with van der Waals surface area (Å²) < 4.78 is 0. The SMILES string of the molecule is CCCC(C(=O)NC=O)N1Cc2cc(N3CCN(CC4CCN(c5ccc(C6c7ccc(O)cc7CCC6c6ccccc6)cc5)CC4)CC3)ccc2C1=O. The van der Waals surface area contributed by atoms with E-state index in [0.29, 0.717) is 42.5 Å². The van der Waals surface area contributed by atoms with Crippen LogP contribution in [0.2, 0.25) is 0 Å². The molecular formula is C46H53N5O4. The van der Waals surface area contributed by atoms with Crippen molar-refractivity contribution in [1.29, 1.82) is 0 Å². The monoisotopic (exact) mass is 739 g/mol. The third-order valence-electron chi connectivity index (χ3n) is 12.7. The molecule has 2 saturated heterocycles. The quantitative estimate of drug-likeness (QED) is 0.166. The number of rotatable bonds is 11. The summed E-state index contributed by atoms with van der Waals surface area (Å²) in [6.45, 7) is 9.56. The molecule has 3 amide bonds. The van der Waals surface area contributed by atoms with Crippen molar-refractivity contribution in [1.82, 2.24) is 15.1 Å². The number of carbonyl (C=O) groups excluding carboxylic acids is 3. The second kappa shape index (κ2) is 16.3. The van der Waals surface area contributed by atoms with E-state index in [4.69, 9.17) is 0 Å². The number of hydrogen-bond donors (Lipinski definition) is 2. The molecule has 3 atom stereocenters. The molecule has 0 bridgehead atoms. The number of carbonyl (C=O) groups is 3. The molecule has 3 unspecified atom stereocenters. The summed E-state index contributed by atoms with van der Waals surface area (Å²) >= 11 is 0. The second-order valence-electron chi connectivity index (χ2n) is 15.9. The number of imide groups is 1. The van der Waals surface area contributed by atoms with Crippen LogP contribution in [0.1, 0.15) is 89.0 Å². The first kappa shape index (κ1) is 36.8. The van der Waals surface area contributed by atoms with Gasteiger partial charge in [-0.05, 0) is 114 Å². The molecule has 0 aromatic heterocycles. The minimum Gasteiger partial charge on any atom is -0.508 e. The minimum absolute atomic E-state index is 0.140. The number of nitrogens with zero attached hydrogens (tertiary/aromatic N) is 4. The fraction of sp³-hybridized carbons (Fsp3) is 0.413. The molecule has 1 aliphatic carbocycles. The summed E-state index contributed by atoms with van der Waals surface area (Å²) in [6, 6.07) is 31.6. The Morgan fingerprint density at radius 1 is 0.818 bits per heavy atom. The zero-order valence-corrected chi connectivity index (χ0v) is 31.9. The molecule has 0 spiro atoms. The van der Waals surface area contributed by atoms with Gasteiger partial charge in [-0.1, -0.05) is 61.9 Å². The van der Waals surface area contributed by atoms with E-state index in [1.807, 2.05) is 31.2 Å². The van der Waals surface area contributed by atoms with Gasteiger partial charge in [0.1, 0.15) is 11.8 Å². The summed E-state index contributed by atoms with van der Waals surface area (Å²) in [6.07, 6.45) is 6.07. The van der Waals surface area contributed by atoms with Crippen LogP contribution in [-0.4, -0.2) is 85.0 Å². The highest BCUT2D eigenvalue weighted by molar-refractivity contribution is 6.02. The molecule has 286 valence electrons. The predicted octanol–water partition coefficient (Wildman–Crippen LogP) is 6.69. The Kier molecular flexibility index (Phi) is 10.9. The average Bonchev–Trinajstić information content (AvgIpc) is 3.55. The number of nitrogens with one attached hydrogen (secondary N) is 1. The first-order chi connectivity index (χ1) is 26.9. The van der Waals surface area contributed by atoms with E-state index < -0.39 is 11.9 Å². The van der Waals surface area contributed by atoms with E-state index >= 15 is 0 Å². The lowest BCUT2D eigenvalue weighted by molar-refractivity contribution is -0.129. The molecule has 0 radical (unpaired) electrons. The van der Waals surface area contributed by atoms with Crippen molar-refractivity contribution in [2.45, 2.75) is 69.9 Å². The molecule has 0 saturated carbocycles. The van der Waals surface area contributed by atoms with Crippen molar-refractivity contribution in [2.75, 3.05) is 55.6 Å². The lowest BCUT2D eigenvalue weighted by atomic mass is 9.69. The number of piperidine rings is 1. The molecule has 4 aromatic rings. The summed E-state index contributed by atoms with van der Waals surface area (Å²) in [4.78, 5) is 46.0. The standard InChI is InChI=1S/C46H53N5O4/c1-2-6-43(45(54)47-31-52)51-30-36-27-38(14-17-42(36)46(51)55)50-25-23-48(24-26-50)29-32-19-21-49(22-20-32)37-12-9-34(10-13-37)44-40(33-7-4-3-5-8-33)16-11-35-28-39(53)15-18-41(35)44/h3-5,7-10,12-15,17-18,27-28,31-32,40,43-44,53H,2,6,11,16,19-26,29-30H2,1H3,(H,47,52,54). The van der Waals surface area contributed by atoms with Gasteiger partial charge in [-0.15, -0.1) is 0 Å². The van der Waals surface area contributed by atoms with Crippen LogP contribution in [0, 0.1) is 5.92 Å². The Morgan fingerprint density at radius 2 is 1.55 bits per heavy atom. The summed E-state index contributed by atoms with van der Waals surface area (Å²) in [5.74, 6) is 1.14. The maximum atomic E-state index is 13.2. The first-order valence-electron chi connectivity index (χ1n) is 20.3. The molecule has 2 N–H and O–H groups in total. The van der Waals surface area contributed by atoms with E-state index in [0.717, 1.165) is 76.3 Å². The number of anilines is 2. The number of piperazine rings is 1. The van der Waals surface area contributed by atoms with Crippen molar-refractivity contribution >= 4 is 29.6 Å². The lowest BCUT2D eigenvalue weighted by Crippen LogP contribution is -2.49. The number of fused-ring (bicyclic) bond motifs is 2. The van der Waals surface area contributed by atoms with Crippen molar-refractivity contribution in [3.05, 3.63) is 124 Å². The van der Waals surface area contributed by atoms with Gasteiger partial charge in [0.25, 0.3) is 5.91 Å². The zero-order valence-electron chi connectivity index (χ0n) is 31.9.